The van der Waals surface area contributed by atoms with Crippen LogP contribution >= 0.6 is 0 Å². The molecule has 146 valence electrons. The van der Waals surface area contributed by atoms with E-state index in [1.54, 1.807) is 51.1 Å². The van der Waals surface area contributed by atoms with Gasteiger partial charge < -0.3 is 4.74 Å². The molecule has 0 saturated carbocycles. The highest BCUT2D eigenvalue weighted by Gasteiger charge is 2.42. The average Bonchev–Trinajstić information content (AvgIpc) is 2.52. The van der Waals surface area contributed by atoms with Crippen molar-refractivity contribution in [3.63, 3.8) is 0 Å². The van der Waals surface area contributed by atoms with E-state index in [4.69, 9.17) is 0 Å². The summed E-state index contributed by atoms with van der Waals surface area (Å²) in [5, 5.41) is 0. The van der Waals surface area contributed by atoms with Crippen LogP contribution in [0.25, 0.3) is 0 Å². The largest absolute Gasteiger partial charge is 0.466 e. The van der Waals surface area contributed by atoms with Crippen LogP contribution in [0.2, 0.25) is 0 Å². The van der Waals surface area contributed by atoms with Gasteiger partial charge in [0.05, 0.1) is 29.4 Å². The van der Waals surface area contributed by atoms with Crippen LogP contribution in [0.3, 0.4) is 0 Å². The molecule has 4 nitrogen and oxygen atoms in total. The first kappa shape index (κ1) is 22.3. The van der Waals surface area contributed by atoms with Crippen molar-refractivity contribution in [2.45, 2.75) is 51.5 Å². The van der Waals surface area contributed by atoms with Gasteiger partial charge in [-0.1, -0.05) is 30.3 Å². The van der Waals surface area contributed by atoms with Gasteiger partial charge in [-0.05, 0) is 33.3 Å². The SMILES string of the molecule is CCOC(=O)C[C@@H](C/C(=N/S(=O)C(C)(C)C)c1ccccc1)C(F)(F)F. The standard InChI is InChI=1S/C18H24F3NO3S/c1-5-25-16(23)12-14(18(19,20)21)11-15(13-9-7-6-8-10-13)22-26(24)17(2,3)4/h6-10,14H,5,11-12H2,1-4H3/b22-15-/t14-,26?/m1/s1. The van der Waals surface area contributed by atoms with Crippen LogP contribution in [0.4, 0.5) is 13.2 Å². The van der Waals surface area contributed by atoms with Gasteiger partial charge in [-0.2, -0.15) is 17.6 Å². The third kappa shape index (κ3) is 7.27. The van der Waals surface area contributed by atoms with Gasteiger partial charge in [0.25, 0.3) is 0 Å². The van der Waals surface area contributed by atoms with E-state index in [1.165, 1.54) is 6.92 Å². The van der Waals surface area contributed by atoms with E-state index >= 15 is 0 Å². The number of rotatable bonds is 7. The van der Waals surface area contributed by atoms with Gasteiger partial charge in [-0.25, -0.2) is 4.21 Å². The second kappa shape index (κ2) is 9.30. The molecule has 1 aromatic carbocycles. The van der Waals surface area contributed by atoms with Crippen LogP contribution < -0.4 is 0 Å². The molecule has 0 aliphatic rings. The number of benzene rings is 1. The molecule has 0 aliphatic carbocycles. The van der Waals surface area contributed by atoms with Crippen molar-refractivity contribution in [3.8, 4) is 0 Å². The highest BCUT2D eigenvalue weighted by atomic mass is 32.2. The summed E-state index contributed by atoms with van der Waals surface area (Å²) in [6.45, 7) is 6.61. The maximum absolute atomic E-state index is 13.4. The molecule has 0 N–H and O–H groups in total. The number of carbonyl (C=O) groups is 1. The van der Waals surface area contributed by atoms with Crippen molar-refractivity contribution in [1.29, 1.82) is 0 Å². The number of ether oxygens (including phenoxy) is 1. The summed E-state index contributed by atoms with van der Waals surface area (Å²) in [6.07, 6.45) is -5.95. The Kier molecular flexibility index (Phi) is 7.99. The molecule has 0 amide bonds. The lowest BCUT2D eigenvalue weighted by Crippen LogP contribution is -2.30. The van der Waals surface area contributed by atoms with Gasteiger partial charge in [0.2, 0.25) is 0 Å². The first-order valence-corrected chi connectivity index (χ1v) is 9.33. The summed E-state index contributed by atoms with van der Waals surface area (Å²) in [5.74, 6) is -2.88. The molecule has 0 saturated heterocycles. The van der Waals surface area contributed by atoms with Gasteiger partial charge in [-0.15, -0.1) is 0 Å². The van der Waals surface area contributed by atoms with Crippen molar-refractivity contribution in [1.82, 2.24) is 0 Å². The Morgan fingerprint density at radius 1 is 1.15 bits per heavy atom. The summed E-state index contributed by atoms with van der Waals surface area (Å²) in [7, 11) is -1.72. The highest BCUT2D eigenvalue weighted by molar-refractivity contribution is 7.85. The maximum atomic E-state index is 13.4. The van der Waals surface area contributed by atoms with Crippen LogP contribution in [-0.4, -0.2) is 33.4 Å². The fourth-order valence-electron chi connectivity index (χ4n) is 2.03. The number of hydrogen-bond donors (Lipinski definition) is 0. The highest BCUT2D eigenvalue weighted by Crippen LogP contribution is 2.33. The molecule has 26 heavy (non-hydrogen) atoms. The zero-order chi connectivity index (χ0) is 20.0. The molecule has 2 atom stereocenters. The van der Waals surface area contributed by atoms with E-state index in [9.17, 15) is 22.2 Å². The summed E-state index contributed by atoms with van der Waals surface area (Å²) in [5.41, 5.74) is 0.508. The number of carbonyl (C=O) groups excluding carboxylic acids is 1. The quantitative estimate of drug-likeness (QED) is 0.509. The lowest BCUT2D eigenvalue weighted by atomic mass is 9.94. The molecule has 0 aromatic heterocycles. The van der Waals surface area contributed by atoms with Gasteiger partial charge in [-0.3, -0.25) is 4.79 Å². The number of alkyl halides is 3. The molecule has 0 heterocycles. The zero-order valence-corrected chi connectivity index (χ0v) is 16.1. The second-order valence-corrected chi connectivity index (χ2v) is 8.62. The summed E-state index contributed by atoms with van der Waals surface area (Å²) in [6, 6.07) is 8.27. The van der Waals surface area contributed by atoms with Crippen LogP contribution in [-0.2, 0) is 20.5 Å². The Morgan fingerprint density at radius 2 is 1.73 bits per heavy atom. The van der Waals surface area contributed by atoms with Crippen molar-refractivity contribution < 1.29 is 26.9 Å². The second-order valence-electron chi connectivity index (χ2n) is 6.72. The van der Waals surface area contributed by atoms with E-state index in [0.29, 0.717) is 5.56 Å². The Labute approximate surface area is 154 Å². The van der Waals surface area contributed by atoms with E-state index in [2.05, 4.69) is 9.13 Å². The fourth-order valence-corrected chi connectivity index (χ4v) is 2.69. The van der Waals surface area contributed by atoms with Gasteiger partial charge in [0.15, 0.2) is 0 Å². The van der Waals surface area contributed by atoms with Crippen LogP contribution in [0, 0.1) is 5.92 Å². The first-order chi connectivity index (χ1) is 11.9. The Hall–Kier alpha value is -1.70. The van der Waals surface area contributed by atoms with Gasteiger partial charge >= 0.3 is 12.1 Å². The van der Waals surface area contributed by atoms with Crippen LogP contribution in [0.1, 0.15) is 46.1 Å². The Bertz CT molecular complexity index is 652. The third-order valence-electron chi connectivity index (χ3n) is 3.45. The van der Waals surface area contributed by atoms with Gasteiger partial charge in [0, 0.05) is 6.42 Å². The van der Waals surface area contributed by atoms with Crippen molar-refractivity contribution in [2.24, 2.45) is 10.3 Å². The predicted octanol–water partition coefficient (Wildman–Crippen LogP) is 4.46. The maximum Gasteiger partial charge on any atom is 0.392 e. The molecule has 1 rings (SSSR count). The van der Waals surface area contributed by atoms with E-state index in [1.807, 2.05) is 0 Å². The third-order valence-corrected chi connectivity index (χ3v) is 4.88. The topological polar surface area (TPSA) is 55.7 Å². The molecule has 1 unspecified atom stereocenters. The monoisotopic (exact) mass is 391 g/mol. The average molecular weight is 391 g/mol. The molecule has 0 radical (unpaired) electrons. The minimum atomic E-state index is -4.61. The minimum absolute atomic E-state index is 0.0110. The Balaban J connectivity index is 3.22. The molecule has 0 bridgehead atoms. The smallest absolute Gasteiger partial charge is 0.392 e. The molecular weight excluding hydrogens is 367 g/mol. The van der Waals surface area contributed by atoms with E-state index < -0.39 is 46.6 Å². The van der Waals surface area contributed by atoms with Crippen LogP contribution in [0.15, 0.2) is 34.7 Å². The van der Waals surface area contributed by atoms with Crippen LogP contribution in [0.5, 0.6) is 0 Å². The summed E-state index contributed by atoms with van der Waals surface area (Å²) in [4.78, 5) is 11.6. The number of halogens is 3. The van der Waals surface area contributed by atoms with Crippen molar-refractivity contribution in [3.05, 3.63) is 35.9 Å². The first-order valence-electron chi connectivity index (χ1n) is 8.22. The lowest BCUT2D eigenvalue weighted by Gasteiger charge is -2.21. The molecule has 1 aromatic rings. The van der Waals surface area contributed by atoms with Crippen molar-refractivity contribution in [2.75, 3.05) is 6.61 Å². The molecule has 8 heteroatoms. The molecule has 0 fully saturated rings. The van der Waals surface area contributed by atoms with Gasteiger partial charge in [0.1, 0.15) is 11.0 Å². The number of hydrogen-bond acceptors (Lipinski definition) is 3. The summed E-state index contributed by atoms with van der Waals surface area (Å²) >= 11 is 0. The zero-order valence-electron chi connectivity index (χ0n) is 15.3. The predicted molar refractivity (Wildman–Crippen MR) is 96.3 cm³/mol. The fraction of sp³-hybridized carbons (Fsp3) is 0.556. The van der Waals surface area contributed by atoms with Crippen molar-refractivity contribution >= 4 is 22.7 Å². The summed E-state index contributed by atoms with van der Waals surface area (Å²) < 4.78 is 60.6. The number of nitrogens with zero attached hydrogens (tertiary/aromatic N) is 1. The van der Waals surface area contributed by atoms with E-state index in [0.717, 1.165) is 0 Å². The normalized spacial score (nSPS) is 15.4. The molecular formula is C18H24F3NO3S. The molecule has 0 spiro atoms. The Morgan fingerprint density at radius 3 is 2.19 bits per heavy atom. The minimum Gasteiger partial charge on any atom is -0.466 e. The molecule has 0 aliphatic heterocycles. The van der Waals surface area contributed by atoms with E-state index in [-0.39, 0.29) is 12.3 Å². The number of esters is 1. The lowest BCUT2D eigenvalue weighted by molar-refractivity contribution is -0.182.